The van der Waals surface area contributed by atoms with Crippen molar-refractivity contribution in [1.82, 2.24) is 10.6 Å². The van der Waals surface area contributed by atoms with Crippen molar-refractivity contribution in [2.45, 2.75) is 6.54 Å². The summed E-state index contributed by atoms with van der Waals surface area (Å²) in [5.41, 5.74) is 1.06. The predicted molar refractivity (Wildman–Crippen MR) is 83.6 cm³/mol. The minimum Gasteiger partial charge on any atom is -0.492 e. The minimum atomic E-state index is -0.210. The smallest absolute Gasteiger partial charge is 0.315 e. The van der Waals surface area contributed by atoms with E-state index in [0.717, 1.165) is 11.3 Å². The highest BCUT2D eigenvalue weighted by atomic mass is 35.5. The van der Waals surface area contributed by atoms with Crippen LogP contribution in [-0.2, 0) is 6.54 Å². The summed E-state index contributed by atoms with van der Waals surface area (Å²) in [7, 11) is 0. The lowest BCUT2D eigenvalue weighted by Gasteiger charge is -2.09. The molecule has 2 rings (SSSR count). The summed E-state index contributed by atoms with van der Waals surface area (Å²) in [6.45, 7) is 1.34. The van der Waals surface area contributed by atoms with E-state index in [1.54, 1.807) is 24.3 Å². The fraction of sp³-hybridized carbons (Fsp3) is 0.188. The van der Waals surface area contributed by atoms with Crippen molar-refractivity contribution in [3.05, 3.63) is 65.2 Å². The molecule has 0 fully saturated rings. The van der Waals surface area contributed by atoms with Gasteiger partial charge in [0.2, 0.25) is 0 Å². The Morgan fingerprint density at radius 2 is 1.71 bits per heavy atom. The van der Waals surface area contributed by atoms with Crippen LogP contribution >= 0.6 is 11.6 Å². The van der Waals surface area contributed by atoms with Crippen molar-refractivity contribution >= 4 is 17.6 Å². The van der Waals surface area contributed by atoms with Crippen molar-refractivity contribution in [2.75, 3.05) is 13.2 Å². The summed E-state index contributed by atoms with van der Waals surface area (Å²) < 4.78 is 5.47. The van der Waals surface area contributed by atoms with Gasteiger partial charge in [0.05, 0.1) is 6.54 Å². The van der Waals surface area contributed by atoms with E-state index in [9.17, 15) is 4.79 Å². The molecule has 110 valence electrons. The zero-order valence-electron chi connectivity index (χ0n) is 11.5. The zero-order chi connectivity index (χ0) is 14.9. The number of hydrogen-bond donors (Lipinski definition) is 2. The molecule has 0 heterocycles. The molecule has 0 saturated carbocycles. The lowest BCUT2D eigenvalue weighted by Crippen LogP contribution is -2.37. The van der Waals surface area contributed by atoms with Gasteiger partial charge in [0.15, 0.2) is 0 Å². The maximum absolute atomic E-state index is 11.6. The Bertz CT molecular complexity index is 558. The summed E-state index contributed by atoms with van der Waals surface area (Å²) in [6, 6.07) is 16.6. The van der Waals surface area contributed by atoms with Gasteiger partial charge in [-0.15, -0.1) is 0 Å². The van der Waals surface area contributed by atoms with Crippen LogP contribution in [0.2, 0.25) is 5.02 Å². The highest BCUT2D eigenvalue weighted by Crippen LogP contribution is 2.14. The number of urea groups is 1. The SMILES string of the molecule is O=C(NCCOc1ccc(Cl)cc1)NCc1ccccc1. The average Bonchev–Trinajstić information content (AvgIpc) is 2.52. The fourth-order valence-corrected chi connectivity index (χ4v) is 1.83. The second kappa shape index (κ2) is 8.17. The molecule has 0 unspecified atom stereocenters. The molecule has 0 atom stereocenters. The van der Waals surface area contributed by atoms with Gasteiger partial charge < -0.3 is 15.4 Å². The molecule has 0 radical (unpaired) electrons. The normalized spacial score (nSPS) is 9.95. The van der Waals surface area contributed by atoms with Gasteiger partial charge in [0.25, 0.3) is 0 Å². The molecule has 0 saturated heterocycles. The van der Waals surface area contributed by atoms with Crippen LogP contribution < -0.4 is 15.4 Å². The van der Waals surface area contributed by atoms with Crippen LogP contribution in [0.15, 0.2) is 54.6 Å². The number of amides is 2. The monoisotopic (exact) mass is 304 g/mol. The highest BCUT2D eigenvalue weighted by molar-refractivity contribution is 6.30. The molecule has 0 aliphatic rings. The summed E-state index contributed by atoms with van der Waals surface area (Å²) in [6.07, 6.45) is 0. The number of carbonyl (C=O) groups is 1. The molecule has 2 amide bonds. The van der Waals surface area contributed by atoms with Gasteiger partial charge in [-0.05, 0) is 29.8 Å². The molecule has 2 aromatic carbocycles. The summed E-state index contributed by atoms with van der Waals surface area (Å²) in [5, 5.41) is 6.18. The van der Waals surface area contributed by atoms with Gasteiger partial charge >= 0.3 is 6.03 Å². The molecule has 21 heavy (non-hydrogen) atoms. The van der Waals surface area contributed by atoms with Gasteiger partial charge in [-0.3, -0.25) is 0 Å². The lowest BCUT2D eigenvalue weighted by molar-refractivity contribution is 0.236. The van der Waals surface area contributed by atoms with E-state index >= 15 is 0 Å². The molecule has 5 heteroatoms. The largest absolute Gasteiger partial charge is 0.492 e. The van der Waals surface area contributed by atoms with Crippen molar-refractivity contribution in [2.24, 2.45) is 0 Å². The second-order valence-electron chi connectivity index (χ2n) is 4.40. The Morgan fingerprint density at radius 3 is 2.43 bits per heavy atom. The van der Waals surface area contributed by atoms with E-state index in [4.69, 9.17) is 16.3 Å². The summed E-state index contributed by atoms with van der Waals surface area (Å²) in [5.74, 6) is 0.728. The molecule has 4 nitrogen and oxygen atoms in total. The first-order valence-electron chi connectivity index (χ1n) is 6.68. The molecular weight excluding hydrogens is 288 g/mol. The first-order valence-corrected chi connectivity index (χ1v) is 7.06. The van der Waals surface area contributed by atoms with Gasteiger partial charge in [0, 0.05) is 11.6 Å². The molecule has 0 aromatic heterocycles. The number of carbonyl (C=O) groups excluding carboxylic acids is 1. The van der Waals surface area contributed by atoms with Crippen LogP contribution in [0.25, 0.3) is 0 Å². The van der Waals surface area contributed by atoms with Crippen LogP contribution in [-0.4, -0.2) is 19.2 Å². The second-order valence-corrected chi connectivity index (χ2v) is 4.83. The van der Waals surface area contributed by atoms with Crippen molar-refractivity contribution in [3.63, 3.8) is 0 Å². The molecule has 0 spiro atoms. The number of benzene rings is 2. The van der Waals surface area contributed by atoms with Crippen LogP contribution in [0.4, 0.5) is 4.79 Å². The number of halogens is 1. The third-order valence-electron chi connectivity index (χ3n) is 2.77. The van der Waals surface area contributed by atoms with E-state index in [2.05, 4.69) is 10.6 Å². The van der Waals surface area contributed by atoms with Gasteiger partial charge in [-0.1, -0.05) is 41.9 Å². The van der Waals surface area contributed by atoms with Gasteiger partial charge in [-0.2, -0.15) is 0 Å². The molecule has 0 aliphatic heterocycles. The molecule has 2 N–H and O–H groups in total. The Hall–Kier alpha value is -2.20. The first kappa shape index (κ1) is 15.2. The van der Waals surface area contributed by atoms with Crippen LogP contribution in [0.3, 0.4) is 0 Å². The average molecular weight is 305 g/mol. The molecule has 0 bridgehead atoms. The fourth-order valence-electron chi connectivity index (χ4n) is 1.70. The Balaban J connectivity index is 1.60. The van der Waals surface area contributed by atoms with E-state index in [1.807, 2.05) is 30.3 Å². The minimum absolute atomic E-state index is 0.210. The maximum Gasteiger partial charge on any atom is 0.315 e. The predicted octanol–water partition coefficient (Wildman–Crippen LogP) is 3.22. The number of hydrogen-bond acceptors (Lipinski definition) is 2. The third-order valence-corrected chi connectivity index (χ3v) is 3.02. The standard InChI is InChI=1S/C16H17ClN2O2/c17-14-6-8-15(9-7-14)21-11-10-18-16(20)19-12-13-4-2-1-3-5-13/h1-9H,10-12H2,(H2,18,19,20). The maximum atomic E-state index is 11.6. The van der Waals surface area contributed by atoms with Crippen LogP contribution in [0.5, 0.6) is 5.75 Å². The van der Waals surface area contributed by atoms with E-state index in [0.29, 0.717) is 24.7 Å². The van der Waals surface area contributed by atoms with Crippen LogP contribution in [0, 0.1) is 0 Å². The number of ether oxygens (including phenoxy) is 1. The zero-order valence-corrected chi connectivity index (χ0v) is 12.3. The summed E-state index contributed by atoms with van der Waals surface area (Å²) in [4.78, 5) is 11.6. The molecule has 2 aromatic rings. The van der Waals surface area contributed by atoms with Crippen LogP contribution in [0.1, 0.15) is 5.56 Å². The summed E-state index contributed by atoms with van der Waals surface area (Å²) >= 11 is 5.78. The molecular formula is C16H17ClN2O2. The quantitative estimate of drug-likeness (QED) is 0.805. The topological polar surface area (TPSA) is 50.4 Å². The number of rotatable bonds is 6. The number of nitrogens with one attached hydrogen (secondary N) is 2. The Labute approximate surface area is 129 Å². The first-order chi connectivity index (χ1) is 10.2. The van der Waals surface area contributed by atoms with E-state index < -0.39 is 0 Å². The third kappa shape index (κ3) is 5.75. The lowest BCUT2D eigenvalue weighted by atomic mass is 10.2. The van der Waals surface area contributed by atoms with Crippen molar-refractivity contribution in [1.29, 1.82) is 0 Å². The van der Waals surface area contributed by atoms with Crippen molar-refractivity contribution in [3.8, 4) is 5.75 Å². The van der Waals surface area contributed by atoms with E-state index in [1.165, 1.54) is 0 Å². The van der Waals surface area contributed by atoms with E-state index in [-0.39, 0.29) is 6.03 Å². The van der Waals surface area contributed by atoms with Crippen molar-refractivity contribution < 1.29 is 9.53 Å². The van der Waals surface area contributed by atoms with Gasteiger partial charge in [0.1, 0.15) is 12.4 Å². The Kier molecular flexibility index (Phi) is 5.91. The molecule has 0 aliphatic carbocycles. The highest BCUT2D eigenvalue weighted by Gasteiger charge is 2.00. The Morgan fingerprint density at radius 1 is 1.00 bits per heavy atom. The van der Waals surface area contributed by atoms with Gasteiger partial charge in [-0.25, -0.2) is 4.79 Å².